The molecule has 0 aliphatic rings. The Labute approximate surface area is 115 Å². The third-order valence-corrected chi connectivity index (χ3v) is 3.00. The maximum absolute atomic E-state index is 5.79. The van der Waals surface area contributed by atoms with Gasteiger partial charge in [0, 0.05) is 13.1 Å². The molecule has 0 aliphatic heterocycles. The highest BCUT2D eigenvalue weighted by atomic mass is 35.5. The van der Waals surface area contributed by atoms with Gasteiger partial charge in [0.25, 0.3) is 0 Å². The van der Waals surface area contributed by atoms with Crippen molar-refractivity contribution in [2.24, 2.45) is 11.1 Å². The van der Waals surface area contributed by atoms with Crippen LogP contribution in [0.15, 0.2) is 12.4 Å². The molecule has 0 aliphatic carbocycles. The molecule has 4 nitrogen and oxygen atoms in total. The number of aromatic nitrogens is 2. The molecule has 0 saturated heterocycles. The Morgan fingerprint density at radius 2 is 2.06 bits per heavy atom. The van der Waals surface area contributed by atoms with Gasteiger partial charge in [0.05, 0.1) is 18.1 Å². The topological polar surface area (TPSA) is 55.0 Å². The average molecular weight is 271 g/mol. The second kappa shape index (κ2) is 7.02. The van der Waals surface area contributed by atoms with Crippen LogP contribution in [0.2, 0.25) is 5.15 Å². The van der Waals surface area contributed by atoms with Gasteiger partial charge >= 0.3 is 0 Å². The maximum atomic E-state index is 5.79. The fourth-order valence-corrected chi connectivity index (χ4v) is 1.95. The van der Waals surface area contributed by atoms with Gasteiger partial charge in [-0.05, 0) is 24.9 Å². The lowest BCUT2D eigenvalue weighted by Gasteiger charge is -2.31. The zero-order valence-electron chi connectivity index (χ0n) is 11.5. The van der Waals surface area contributed by atoms with Gasteiger partial charge < -0.3 is 5.73 Å². The van der Waals surface area contributed by atoms with Gasteiger partial charge in [-0.1, -0.05) is 32.4 Å². The predicted octanol–water partition coefficient (Wildman–Crippen LogP) is 2.33. The predicted molar refractivity (Wildman–Crippen MR) is 75.4 cm³/mol. The summed E-state index contributed by atoms with van der Waals surface area (Å²) in [5, 5.41) is 0.433. The molecule has 1 aromatic rings. The van der Waals surface area contributed by atoms with Gasteiger partial charge in [-0.25, -0.2) is 4.98 Å². The van der Waals surface area contributed by atoms with Crippen molar-refractivity contribution in [2.75, 3.05) is 19.6 Å². The summed E-state index contributed by atoms with van der Waals surface area (Å²) in [5.41, 5.74) is 6.86. The largest absolute Gasteiger partial charge is 0.330 e. The molecule has 1 rings (SSSR count). The lowest BCUT2D eigenvalue weighted by molar-refractivity contribution is 0.174. The molecule has 0 unspecified atom stereocenters. The number of hydrogen-bond donors (Lipinski definition) is 1. The van der Waals surface area contributed by atoms with E-state index in [9.17, 15) is 0 Å². The minimum Gasteiger partial charge on any atom is -0.330 e. The molecule has 0 aromatic carbocycles. The van der Waals surface area contributed by atoms with E-state index in [4.69, 9.17) is 17.3 Å². The smallest absolute Gasteiger partial charge is 0.147 e. The molecule has 0 saturated carbocycles. The second-order valence-electron chi connectivity index (χ2n) is 5.41. The van der Waals surface area contributed by atoms with Gasteiger partial charge in [-0.3, -0.25) is 9.88 Å². The van der Waals surface area contributed by atoms with Gasteiger partial charge in [0.2, 0.25) is 0 Å². The van der Waals surface area contributed by atoms with Crippen molar-refractivity contribution in [2.45, 2.75) is 33.7 Å². The SMILES string of the molecule is CCCN(Cc1cnc(Cl)cn1)CC(C)(C)CN. The Hall–Kier alpha value is -0.710. The lowest BCUT2D eigenvalue weighted by Crippen LogP contribution is -2.39. The second-order valence-corrected chi connectivity index (χ2v) is 5.80. The zero-order valence-corrected chi connectivity index (χ0v) is 12.2. The molecule has 0 amide bonds. The van der Waals surface area contributed by atoms with E-state index in [-0.39, 0.29) is 5.41 Å². The average Bonchev–Trinajstić information content (AvgIpc) is 2.32. The molecule has 18 heavy (non-hydrogen) atoms. The van der Waals surface area contributed by atoms with Crippen LogP contribution in [0.4, 0.5) is 0 Å². The summed E-state index contributed by atoms with van der Waals surface area (Å²) < 4.78 is 0. The van der Waals surface area contributed by atoms with Gasteiger partial charge in [-0.2, -0.15) is 0 Å². The molecule has 0 atom stereocenters. The maximum Gasteiger partial charge on any atom is 0.147 e. The van der Waals surface area contributed by atoms with Crippen LogP contribution in [0, 0.1) is 5.41 Å². The van der Waals surface area contributed by atoms with E-state index in [0.717, 1.165) is 31.7 Å². The summed E-state index contributed by atoms with van der Waals surface area (Å²) in [5.74, 6) is 0. The Morgan fingerprint density at radius 1 is 1.33 bits per heavy atom. The molecule has 1 heterocycles. The van der Waals surface area contributed by atoms with Crippen LogP contribution >= 0.6 is 11.6 Å². The summed E-state index contributed by atoms with van der Waals surface area (Å²) in [4.78, 5) is 10.7. The quantitative estimate of drug-likeness (QED) is 0.826. The van der Waals surface area contributed by atoms with Crippen LogP contribution in [-0.4, -0.2) is 34.5 Å². The van der Waals surface area contributed by atoms with E-state index in [2.05, 4.69) is 35.6 Å². The first-order valence-corrected chi connectivity index (χ1v) is 6.73. The van der Waals surface area contributed by atoms with E-state index in [0.29, 0.717) is 11.7 Å². The lowest BCUT2D eigenvalue weighted by atomic mass is 9.93. The van der Waals surface area contributed by atoms with Crippen LogP contribution < -0.4 is 5.73 Å². The molecule has 5 heteroatoms. The minimum absolute atomic E-state index is 0.120. The van der Waals surface area contributed by atoms with Gasteiger partial charge in [0.1, 0.15) is 5.15 Å². The highest BCUT2D eigenvalue weighted by Gasteiger charge is 2.20. The van der Waals surface area contributed by atoms with Crippen LogP contribution in [-0.2, 0) is 6.54 Å². The van der Waals surface area contributed by atoms with E-state index in [1.165, 1.54) is 0 Å². The normalized spacial score (nSPS) is 12.1. The first-order chi connectivity index (χ1) is 8.46. The third kappa shape index (κ3) is 5.29. The number of rotatable bonds is 7. The van der Waals surface area contributed by atoms with Crippen molar-refractivity contribution in [3.63, 3.8) is 0 Å². The Balaban J connectivity index is 2.65. The molecule has 2 N–H and O–H groups in total. The number of halogens is 1. The fraction of sp³-hybridized carbons (Fsp3) is 0.692. The van der Waals surface area contributed by atoms with Crippen LogP contribution in [0.5, 0.6) is 0 Å². The van der Waals surface area contributed by atoms with E-state index in [1.807, 2.05) is 0 Å². The molecule has 0 bridgehead atoms. The molecule has 0 spiro atoms. The Morgan fingerprint density at radius 3 is 2.56 bits per heavy atom. The van der Waals surface area contributed by atoms with E-state index < -0.39 is 0 Å². The van der Waals surface area contributed by atoms with Crippen molar-refractivity contribution in [3.8, 4) is 0 Å². The summed E-state index contributed by atoms with van der Waals surface area (Å²) in [6.45, 7) is 10.0. The highest BCUT2D eigenvalue weighted by molar-refractivity contribution is 6.29. The van der Waals surface area contributed by atoms with Gasteiger partial charge in [-0.15, -0.1) is 0 Å². The van der Waals surface area contributed by atoms with Crippen molar-refractivity contribution >= 4 is 11.6 Å². The number of nitrogens with zero attached hydrogens (tertiary/aromatic N) is 3. The van der Waals surface area contributed by atoms with Crippen molar-refractivity contribution in [1.29, 1.82) is 0 Å². The minimum atomic E-state index is 0.120. The summed E-state index contributed by atoms with van der Waals surface area (Å²) >= 11 is 5.73. The zero-order chi connectivity index (χ0) is 13.6. The Kier molecular flexibility index (Phi) is 5.99. The standard InChI is InChI=1S/C13H23ClN4/c1-4-5-18(10-13(2,3)9-15)8-11-6-17-12(14)7-16-11/h6-7H,4-5,8-10,15H2,1-3H3. The van der Waals surface area contributed by atoms with Gasteiger partial charge in [0.15, 0.2) is 0 Å². The highest BCUT2D eigenvalue weighted by Crippen LogP contribution is 2.16. The van der Waals surface area contributed by atoms with Crippen molar-refractivity contribution in [3.05, 3.63) is 23.2 Å². The number of nitrogens with two attached hydrogens (primary N) is 1. The summed E-state index contributed by atoms with van der Waals surface area (Å²) in [6.07, 6.45) is 4.44. The molecule has 1 aromatic heterocycles. The van der Waals surface area contributed by atoms with Crippen molar-refractivity contribution < 1.29 is 0 Å². The van der Waals surface area contributed by atoms with Crippen LogP contribution in [0.25, 0.3) is 0 Å². The van der Waals surface area contributed by atoms with Crippen molar-refractivity contribution in [1.82, 2.24) is 14.9 Å². The summed E-state index contributed by atoms with van der Waals surface area (Å²) in [7, 11) is 0. The summed E-state index contributed by atoms with van der Waals surface area (Å²) in [6, 6.07) is 0. The monoisotopic (exact) mass is 270 g/mol. The fourth-order valence-electron chi connectivity index (χ4n) is 1.85. The molecular weight excluding hydrogens is 248 g/mol. The molecular formula is C13H23ClN4. The van der Waals surface area contributed by atoms with E-state index >= 15 is 0 Å². The molecule has 0 fully saturated rings. The Bertz CT molecular complexity index is 351. The van der Waals surface area contributed by atoms with Crippen LogP contribution in [0.1, 0.15) is 32.9 Å². The van der Waals surface area contributed by atoms with E-state index in [1.54, 1.807) is 12.4 Å². The number of hydrogen-bond acceptors (Lipinski definition) is 4. The molecule has 0 radical (unpaired) electrons. The molecule has 102 valence electrons. The van der Waals surface area contributed by atoms with Crippen LogP contribution in [0.3, 0.4) is 0 Å². The first kappa shape index (κ1) is 15.3. The third-order valence-electron chi connectivity index (χ3n) is 2.80. The first-order valence-electron chi connectivity index (χ1n) is 6.35.